The van der Waals surface area contributed by atoms with Crippen molar-refractivity contribution in [3.8, 4) is 22.8 Å². The number of carbonyl (C=O) groups is 1. The molecular formula is C17H13Cl2N3O3. The van der Waals surface area contributed by atoms with E-state index in [4.69, 9.17) is 32.7 Å². The summed E-state index contributed by atoms with van der Waals surface area (Å²) in [6.45, 7) is 1.99. The predicted molar refractivity (Wildman–Crippen MR) is 94.3 cm³/mol. The van der Waals surface area contributed by atoms with E-state index in [0.717, 1.165) is 0 Å². The highest BCUT2D eigenvalue weighted by Gasteiger charge is 2.18. The fraction of sp³-hybridized carbons (Fsp3) is 0.118. The van der Waals surface area contributed by atoms with E-state index in [1.807, 2.05) is 0 Å². The zero-order valence-electron chi connectivity index (χ0n) is 13.1. The summed E-state index contributed by atoms with van der Waals surface area (Å²) < 4.78 is 10.8. The molecule has 0 aliphatic heterocycles. The van der Waals surface area contributed by atoms with Gasteiger partial charge in [0, 0.05) is 11.6 Å². The van der Waals surface area contributed by atoms with Gasteiger partial charge in [-0.05, 0) is 31.2 Å². The fourth-order valence-electron chi connectivity index (χ4n) is 2.16. The van der Waals surface area contributed by atoms with Crippen LogP contribution in [0.15, 0.2) is 42.5 Å². The molecule has 2 aromatic carbocycles. The minimum atomic E-state index is -0.515. The van der Waals surface area contributed by atoms with Gasteiger partial charge in [-0.3, -0.25) is 5.10 Å². The number of carbonyl (C=O) groups excluding carboxylic acids is 1. The van der Waals surface area contributed by atoms with Crippen molar-refractivity contribution < 1.29 is 14.3 Å². The van der Waals surface area contributed by atoms with E-state index in [0.29, 0.717) is 32.8 Å². The molecule has 3 rings (SSSR count). The molecule has 0 radical (unpaired) electrons. The molecule has 1 aromatic heterocycles. The van der Waals surface area contributed by atoms with Crippen LogP contribution in [-0.4, -0.2) is 28.0 Å². The second-order valence-corrected chi connectivity index (χ2v) is 5.78. The summed E-state index contributed by atoms with van der Waals surface area (Å²) in [5, 5.41) is 11.1. The molecule has 1 N–H and O–H groups in total. The van der Waals surface area contributed by atoms with Crippen molar-refractivity contribution in [2.75, 3.05) is 6.61 Å². The molecule has 1 heterocycles. The number of halogens is 2. The lowest BCUT2D eigenvalue weighted by atomic mass is 10.1. The number of H-pyrrole nitrogens is 1. The van der Waals surface area contributed by atoms with Gasteiger partial charge in [-0.25, -0.2) is 4.79 Å². The zero-order valence-corrected chi connectivity index (χ0v) is 14.6. The van der Waals surface area contributed by atoms with E-state index in [1.54, 1.807) is 49.4 Å². The van der Waals surface area contributed by atoms with Crippen LogP contribution in [-0.2, 0) is 4.74 Å². The second kappa shape index (κ2) is 7.55. The Morgan fingerprint density at radius 1 is 1.12 bits per heavy atom. The molecule has 0 fully saturated rings. The van der Waals surface area contributed by atoms with E-state index in [1.165, 1.54) is 0 Å². The summed E-state index contributed by atoms with van der Waals surface area (Å²) in [6, 6.07) is 12.1. The monoisotopic (exact) mass is 377 g/mol. The summed E-state index contributed by atoms with van der Waals surface area (Å²) in [5.41, 5.74) is 1.24. The topological polar surface area (TPSA) is 77.1 Å². The van der Waals surface area contributed by atoms with Crippen molar-refractivity contribution in [2.45, 2.75) is 6.92 Å². The lowest BCUT2D eigenvalue weighted by molar-refractivity contribution is 0.0520. The first-order valence-electron chi connectivity index (χ1n) is 7.40. The van der Waals surface area contributed by atoms with Crippen LogP contribution in [0, 0.1) is 0 Å². The fourth-order valence-corrected chi connectivity index (χ4v) is 2.45. The van der Waals surface area contributed by atoms with Crippen LogP contribution in [0.2, 0.25) is 10.0 Å². The van der Waals surface area contributed by atoms with Crippen LogP contribution in [0.4, 0.5) is 0 Å². The molecule has 3 aromatic rings. The number of aromatic nitrogens is 3. The van der Waals surface area contributed by atoms with Gasteiger partial charge in [-0.15, -0.1) is 5.10 Å². The van der Waals surface area contributed by atoms with Crippen molar-refractivity contribution in [1.82, 2.24) is 15.4 Å². The highest BCUT2D eigenvalue weighted by Crippen LogP contribution is 2.31. The van der Waals surface area contributed by atoms with Gasteiger partial charge >= 0.3 is 5.97 Å². The number of aromatic amines is 1. The minimum Gasteiger partial charge on any atom is -0.461 e. The highest BCUT2D eigenvalue weighted by molar-refractivity contribution is 6.42. The number of nitrogens with one attached hydrogen (secondary N) is 1. The first-order valence-corrected chi connectivity index (χ1v) is 8.15. The van der Waals surface area contributed by atoms with E-state index in [-0.39, 0.29) is 12.3 Å². The van der Waals surface area contributed by atoms with Gasteiger partial charge in [-0.1, -0.05) is 40.5 Å². The standard InChI is InChI=1S/C17H13Cl2N3O3/c1-2-24-17(23)16-15(20-22-21-16)10-4-3-5-11(8-10)25-12-6-7-13(18)14(19)9-12/h3-9H,2H2,1H3,(H,20,21,22). The zero-order chi connectivity index (χ0) is 17.8. The first-order chi connectivity index (χ1) is 12.1. The Kier molecular flexibility index (Phi) is 5.21. The van der Waals surface area contributed by atoms with Crippen LogP contribution in [0.5, 0.6) is 11.5 Å². The van der Waals surface area contributed by atoms with Gasteiger partial charge < -0.3 is 9.47 Å². The molecule has 128 valence electrons. The molecule has 0 atom stereocenters. The second-order valence-electron chi connectivity index (χ2n) is 4.96. The highest BCUT2D eigenvalue weighted by atomic mass is 35.5. The number of nitrogens with zero attached hydrogens (tertiary/aromatic N) is 2. The molecule has 0 saturated heterocycles. The summed E-state index contributed by atoms with van der Waals surface area (Å²) in [6.07, 6.45) is 0. The first kappa shape index (κ1) is 17.3. The maximum absolute atomic E-state index is 12.0. The summed E-state index contributed by atoms with van der Waals surface area (Å²) in [7, 11) is 0. The number of esters is 1. The third-order valence-corrected chi connectivity index (χ3v) is 4.00. The largest absolute Gasteiger partial charge is 0.461 e. The summed E-state index contributed by atoms with van der Waals surface area (Å²) in [5.74, 6) is 0.573. The van der Waals surface area contributed by atoms with Gasteiger partial charge in [0.15, 0.2) is 5.69 Å². The van der Waals surface area contributed by atoms with Crippen molar-refractivity contribution >= 4 is 29.2 Å². The quantitative estimate of drug-likeness (QED) is 0.649. The summed E-state index contributed by atoms with van der Waals surface area (Å²) >= 11 is 11.9. The van der Waals surface area contributed by atoms with Crippen LogP contribution in [0.25, 0.3) is 11.3 Å². The Morgan fingerprint density at radius 2 is 1.92 bits per heavy atom. The van der Waals surface area contributed by atoms with Crippen LogP contribution in [0.1, 0.15) is 17.4 Å². The molecule has 8 heteroatoms. The van der Waals surface area contributed by atoms with Crippen LogP contribution < -0.4 is 4.74 Å². The molecule has 25 heavy (non-hydrogen) atoms. The molecule has 0 unspecified atom stereocenters. The smallest absolute Gasteiger partial charge is 0.358 e. The van der Waals surface area contributed by atoms with E-state index in [2.05, 4.69) is 15.4 Å². The van der Waals surface area contributed by atoms with Gasteiger partial charge in [0.25, 0.3) is 0 Å². The molecule has 0 spiro atoms. The van der Waals surface area contributed by atoms with Crippen LogP contribution in [0.3, 0.4) is 0 Å². The number of hydrogen-bond acceptors (Lipinski definition) is 5. The Morgan fingerprint density at radius 3 is 2.68 bits per heavy atom. The molecule has 0 aliphatic carbocycles. The SMILES string of the molecule is CCOC(=O)c1[nH]nnc1-c1cccc(Oc2ccc(Cl)c(Cl)c2)c1. The Bertz CT molecular complexity index is 912. The van der Waals surface area contributed by atoms with Gasteiger partial charge in [-0.2, -0.15) is 0 Å². The molecular weight excluding hydrogens is 365 g/mol. The van der Waals surface area contributed by atoms with Crippen molar-refractivity contribution in [2.24, 2.45) is 0 Å². The molecule has 0 aliphatic rings. The number of ether oxygens (including phenoxy) is 2. The van der Waals surface area contributed by atoms with Gasteiger partial charge in [0.1, 0.15) is 17.2 Å². The molecule has 0 bridgehead atoms. The van der Waals surface area contributed by atoms with Gasteiger partial charge in [0.05, 0.1) is 16.7 Å². The van der Waals surface area contributed by atoms with Crippen molar-refractivity contribution in [1.29, 1.82) is 0 Å². The number of rotatable bonds is 5. The maximum atomic E-state index is 12.0. The van der Waals surface area contributed by atoms with Crippen molar-refractivity contribution in [3.05, 3.63) is 58.2 Å². The molecule has 0 saturated carbocycles. The number of benzene rings is 2. The average Bonchev–Trinajstić information content (AvgIpc) is 3.09. The van der Waals surface area contributed by atoms with Crippen LogP contribution >= 0.6 is 23.2 Å². The predicted octanol–water partition coefficient (Wildman–Crippen LogP) is 4.75. The third kappa shape index (κ3) is 3.92. The minimum absolute atomic E-state index is 0.188. The Balaban J connectivity index is 1.88. The Labute approximate surface area is 153 Å². The van der Waals surface area contributed by atoms with E-state index in [9.17, 15) is 4.79 Å². The van der Waals surface area contributed by atoms with E-state index < -0.39 is 5.97 Å². The van der Waals surface area contributed by atoms with Crippen molar-refractivity contribution in [3.63, 3.8) is 0 Å². The van der Waals surface area contributed by atoms with Gasteiger partial charge in [0.2, 0.25) is 0 Å². The Hall–Kier alpha value is -2.57. The van der Waals surface area contributed by atoms with E-state index >= 15 is 0 Å². The maximum Gasteiger partial charge on any atom is 0.358 e. The summed E-state index contributed by atoms with van der Waals surface area (Å²) in [4.78, 5) is 12.0. The normalized spacial score (nSPS) is 10.5. The molecule has 0 amide bonds. The third-order valence-electron chi connectivity index (χ3n) is 3.26. The number of hydrogen-bond donors (Lipinski definition) is 1. The lowest BCUT2D eigenvalue weighted by Gasteiger charge is -2.08. The lowest BCUT2D eigenvalue weighted by Crippen LogP contribution is -2.06. The molecule has 6 nitrogen and oxygen atoms in total. The average molecular weight is 378 g/mol.